The Morgan fingerprint density at radius 3 is 0.895 bits per heavy atom. The van der Waals surface area contributed by atoms with Gasteiger partial charge in [-0.25, -0.2) is 0 Å². The van der Waals surface area contributed by atoms with E-state index in [2.05, 4.69) is 0 Å². The molecule has 0 bridgehead atoms. The molecular formula is C18H33S+. The van der Waals surface area contributed by atoms with Crippen molar-refractivity contribution in [2.75, 3.05) is 0 Å². The van der Waals surface area contributed by atoms with Crippen LogP contribution in [0.4, 0.5) is 0 Å². The van der Waals surface area contributed by atoms with Crippen LogP contribution in [0.1, 0.15) is 96.3 Å². The third-order valence-electron chi connectivity index (χ3n) is 5.81. The molecular weight excluding hydrogens is 248 g/mol. The zero-order valence-electron chi connectivity index (χ0n) is 12.7. The van der Waals surface area contributed by atoms with Gasteiger partial charge in [-0.15, -0.1) is 0 Å². The van der Waals surface area contributed by atoms with Crippen LogP contribution >= 0.6 is 0 Å². The first-order valence-electron chi connectivity index (χ1n) is 9.16. The molecule has 3 aliphatic rings. The number of rotatable bonds is 3. The Hall–Kier alpha value is 0.350. The second kappa shape index (κ2) is 7.38. The predicted molar refractivity (Wildman–Crippen MR) is 88.0 cm³/mol. The fourth-order valence-electron chi connectivity index (χ4n) is 4.83. The topological polar surface area (TPSA) is 0 Å². The van der Waals surface area contributed by atoms with Gasteiger partial charge in [0.15, 0.2) is 0 Å². The van der Waals surface area contributed by atoms with E-state index in [4.69, 9.17) is 0 Å². The maximum Gasteiger partial charge on any atom is 0.118 e. The van der Waals surface area contributed by atoms with Gasteiger partial charge in [0.1, 0.15) is 15.7 Å². The molecule has 3 fully saturated rings. The van der Waals surface area contributed by atoms with Gasteiger partial charge >= 0.3 is 0 Å². The maximum absolute atomic E-state index is 1.59. The first-order chi connectivity index (χ1) is 9.45. The Kier molecular flexibility index (Phi) is 5.56. The molecule has 0 nitrogen and oxygen atoms in total. The van der Waals surface area contributed by atoms with Crippen LogP contribution in [0, 0.1) is 0 Å². The molecule has 19 heavy (non-hydrogen) atoms. The van der Waals surface area contributed by atoms with E-state index in [1.54, 1.807) is 77.0 Å². The van der Waals surface area contributed by atoms with Crippen LogP contribution in [-0.2, 0) is 10.9 Å². The molecule has 0 radical (unpaired) electrons. The van der Waals surface area contributed by atoms with Crippen molar-refractivity contribution in [1.82, 2.24) is 0 Å². The lowest BCUT2D eigenvalue weighted by molar-refractivity contribution is 0.466. The van der Waals surface area contributed by atoms with Crippen molar-refractivity contribution < 1.29 is 0 Å². The summed E-state index contributed by atoms with van der Waals surface area (Å²) >= 11 is 0. The van der Waals surface area contributed by atoms with Gasteiger partial charge in [-0.05, 0) is 87.9 Å². The first kappa shape index (κ1) is 14.3. The first-order valence-corrected chi connectivity index (χ1v) is 10.6. The largest absolute Gasteiger partial charge is 0.118 e. The van der Waals surface area contributed by atoms with Gasteiger partial charge in [0.25, 0.3) is 0 Å². The van der Waals surface area contributed by atoms with E-state index in [-0.39, 0.29) is 0 Å². The van der Waals surface area contributed by atoms with Crippen LogP contribution in [0.15, 0.2) is 0 Å². The Labute approximate surface area is 123 Å². The normalized spacial score (nSPS) is 28.9. The zero-order valence-corrected chi connectivity index (χ0v) is 13.6. The van der Waals surface area contributed by atoms with Crippen LogP contribution in [0.3, 0.4) is 0 Å². The molecule has 0 N–H and O–H groups in total. The van der Waals surface area contributed by atoms with Crippen LogP contribution in [0.25, 0.3) is 0 Å². The maximum atomic E-state index is 1.59. The summed E-state index contributed by atoms with van der Waals surface area (Å²) in [6, 6.07) is 0. The molecule has 0 atom stereocenters. The minimum atomic E-state index is 0.816. The van der Waals surface area contributed by atoms with E-state index in [1.807, 2.05) is 0 Å². The highest BCUT2D eigenvalue weighted by atomic mass is 32.2. The van der Waals surface area contributed by atoms with Crippen molar-refractivity contribution in [3.63, 3.8) is 0 Å². The standard InChI is InChI=1S/C18H33S/c1-4-10-16(11-5-1)19(17-12-6-2-7-13-17)18-14-8-3-9-15-18/h16-18H,1-15H2/q+1. The third-order valence-corrected chi connectivity index (χ3v) is 9.53. The van der Waals surface area contributed by atoms with Crippen LogP contribution < -0.4 is 0 Å². The minimum Gasteiger partial charge on any atom is -0.0529 e. The molecule has 110 valence electrons. The number of hydrogen-bond donors (Lipinski definition) is 0. The summed E-state index contributed by atoms with van der Waals surface area (Å²) in [6.07, 6.45) is 23.4. The van der Waals surface area contributed by atoms with Crippen molar-refractivity contribution in [3.05, 3.63) is 0 Å². The smallest absolute Gasteiger partial charge is 0.0529 e. The second-order valence-electron chi connectivity index (χ2n) is 7.19. The summed E-state index contributed by atoms with van der Waals surface area (Å²) in [6.45, 7) is 0. The van der Waals surface area contributed by atoms with Gasteiger partial charge in [0.05, 0.1) is 0 Å². The van der Waals surface area contributed by atoms with Gasteiger partial charge in [-0.2, -0.15) is 0 Å². The summed E-state index contributed by atoms with van der Waals surface area (Å²) < 4.78 is 0. The summed E-state index contributed by atoms with van der Waals surface area (Å²) in [7, 11) is 0.816. The predicted octanol–water partition coefficient (Wildman–Crippen LogP) is 5.60. The molecule has 0 aromatic carbocycles. The molecule has 0 aromatic heterocycles. The molecule has 0 aliphatic heterocycles. The van der Waals surface area contributed by atoms with E-state index in [9.17, 15) is 0 Å². The van der Waals surface area contributed by atoms with Crippen molar-refractivity contribution in [2.45, 2.75) is 112 Å². The van der Waals surface area contributed by atoms with E-state index >= 15 is 0 Å². The Balaban J connectivity index is 1.68. The zero-order chi connectivity index (χ0) is 12.9. The molecule has 0 spiro atoms. The minimum absolute atomic E-state index is 0.816. The van der Waals surface area contributed by atoms with Crippen molar-refractivity contribution in [3.8, 4) is 0 Å². The molecule has 0 aromatic rings. The highest BCUT2D eigenvalue weighted by Gasteiger charge is 2.45. The average Bonchev–Trinajstić information content (AvgIpc) is 2.51. The van der Waals surface area contributed by atoms with E-state index in [1.165, 1.54) is 19.3 Å². The Bertz CT molecular complexity index is 202. The Morgan fingerprint density at radius 1 is 0.368 bits per heavy atom. The molecule has 0 unspecified atom stereocenters. The molecule has 3 rings (SSSR count). The molecule has 0 saturated heterocycles. The highest BCUT2D eigenvalue weighted by molar-refractivity contribution is 7.98. The van der Waals surface area contributed by atoms with Gasteiger partial charge < -0.3 is 0 Å². The Morgan fingerprint density at radius 2 is 0.632 bits per heavy atom. The van der Waals surface area contributed by atoms with Crippen molar-refractivity contribution in [2.24, 2.45) is 0 Å². The van der Waals surface area contributed by atoms with E-state index in [0.717, 1.165) is 26.6 Å². The fourth-order valence-corrected chi connectivity index (χ4v) is 9.09. The lowest BCUT2D eigenvalue weighted by Gasteiger charge is -2.36. The quantitative estimate of drug-likeness (QED) is 0.590. The van der Waals surface area contributed by atoms with E-state index < -0.39 is 0 Å². The van der Waals surface area contributed by atoms with Gasteiger partial charge in [-0.1, -0.05) is 19.3 Å². The van der Waals surface area contributed by atoms with Gasteiger partial charge in [0, 0.05) is 0 Å². The van der Waals surface area contributed by atoms with Crippen LogP contribution in [-0.4, -0.2) is 15.7 Å². The van der Waals surface area contributed by atoms with Crippen LogP contribution in [0.2, 0.25) is 0 Å². The molecule has 0 heterocycles. The summed E-state index contributed by atoms with van der Waals surface area (Å²) in [5, 5.41) is 3.46. The summed E-state index contributed by atoms with van der Waals surface area (Å²) in [5.41, 5.74) is 0. The van der Waals surface area contributed by atoms with Crippen LogP contribution in [0.5, 0.6) is 0 Å². The van der Waals surface area contributed by atoms with Gasteiger partial charge in [0.2, 0.25) is 0 Å². The summed E-state index contributed by atoms with van der Waals surface area (Å²) in [5.74, 6) is 0. The average molecular weight is 282 g/mol. The second-order valence-corrected chi connectivity index (χ2v) is 10.0. The van der Waals surface area contributed by atoms with Gasteiger partial charge in [-0.3, -0.25) is 0 Å². The lowest BCUT2D eigenvalue weighted by atomic mass is 9.99. The SMILES string of the molecule is C1CCC([S+](C2CCCCC2)C2CCCCC2)CC1. The highest BCUT2D eigenvalue weighted by Crippen LogP contribution is 2.40. The third kappa shape index (κ3) is 3.71. The van der Waals surface area contributed by atoms with Crippen molar-refractivity contribution in [1.29, 1.82) is 0 Å². The van der Waals surface area contributed by atoms with E-state index in [0.29, 0.717) is 0 Å². The lowest BCUT2D eigenvalue weighted by Crippen LogP contribution is -2.43. The monoisotopic (exact) mass is 281 g/mol. The van der Waals surface area contributed by atoms with Crippen molar-refractivity contribution >= 4 is 10.9 Å². The molecule has 1 heteroatoms. The number of hydrogen-bond acceptors (Lipinski definition) is 0. The molecule has 3 saturated carbocycles. The molecule has 3 aliphatic carbocycles. The fraction of sp³-hybridized carbons (Fsp3) is 1.00. The molecule has 0 amide bonds. The summed E-state index contributed by atoms with van der Waals surface area (Å²) in [4.78, 5) is 0.